The molecule has 1 atom stereocenters. The van der Waals surface area contributed by atoms with Crippen LogP contribution in [0.3, 0.4) is 0 Å². The summed E-state index contributed by atoms with van der Waals surface area (Å²) in [5.74, 6) is -0.836. The summed E-state index contributed by atoms with van der Waals surface area (Å²) in [6.45, 7) is 7.59. The largest absolute Gasteiger partial charge is 0.497 e. The number of ether oxygens (including phenoxy) is 2. The van der Waals surface area contributed by atoms with Gasteiger partial charge in [-0.15, -0.1) is 0 Å². The molecule has 4 aromatic rings. The van der Waals surface area contributed by atoms with Crippen molar-refractivity contribution in [1.82, 2.24) is 9.13 Å². The van der Waals surface area contributed by atoms with Gasteiger partial charge in [-0.05, 0) is 87.4 Å². The van der Waals surface area contributed by atoms with E-state index in [9.17, 15) is 19.5 Å². The molecule has 2 aromatic heterocycles. The number of allylic oxidation sites excluding steroid dienone is 1. The fourth-order valence-electron chi connectivity index (χ4n) is 5.12. The predicted molar refractivity (Wildman–Crippen MR) is 156 cm³/mol. The van der Waals surface area contributed by atoms with E-state index < -0.39 is 18.0 Å². The zero-order valence-corrected chi connectivity index (χ0v) is 24.1. The number of aromatic carboxylic acids is 1. The van der Waals surface area contributed by atoms with Crippen LogP contribution in [0, 0.1) is 13.8 Å². The van der Waals surface area contributed by atoms with Gasteiger partial charge in [-0.3, -0.25) is 9.36 Å². The minimum Gasteiger partial charge on any atom is -0.497 e. The van der Waals surface area contributed by atoms with Gasteiger partial charge in [0.05, 0.1) is 41.1 Å². The number of hydrogen-bond donors (Lipinski definition) is 1. The molecule has 0 unspecified atom stereocenters. The number of aryl methyl sites for hydroxylation is 1. The zero-order chi connectivity index (χ0) is 29.4. The number of esters is 1. The lowest BCUT2D eigenvalue weighted by molar-refractivity contribution is -0.139. The van der Waals surface area contributed by atoms with Gasteiger partial charge in [-0.1, -0.05) is 23.5 Å². The Balaban J connectivity index is 1.65. The fraction of sp³-hybridized carbons (Fsp3) is 0.226. The van der Waals surface area contributed by atoms with Crippen LogP contribution in [-0.4, -0.2) is 39.9 Å². The van der Waals surface area contributed by atoms with Crippen LogP contribution in [-0.2, 0) is 9.53 Å². The maximum atomic E-state index is 14.0. The first kappa shape index (κ1) is 27.9. The number of carbonyl (C=O) groups is 2. The molecule has 1 N–H and O–H groups in total. The van der Waals surface area contributed by atoms with Gasteiger partial charge in [-0.2, -0.15) is 0 Å². The van der Waals surface area contributed by atoms with Gasteiger partial charge in [0, 0.05) is 17.1 Å². The van der Waals surface area contributed by atoms with Gasteiger partial charge < -0.3 is 19.1 Å². The third-order valence-electron chi connectivity index (χ3n) is 7.08. The Morgan fingerprint density at radius 1 is 1.07 bits per heavy atom. The number of carbonyl (C=O) groups excluding carboxylic acids is 1. The summed E-state index contributed by atoms with van der Waals surface area (Å²) in [5, 5.41) is 9.24. The Morgan fingerprint density at radius 3 is 2.37 bits per heavy atom. The molecule has 1 aliphatic rings. The zero-order valence-electron chi connectivity index (χ0n) is 23.3. The predicted octanol–water partition coefficient (Wildman–Crippen LogP) is 3.91. The standard InChI is InChI=1S/C31H29N3O6S/c1-6-40-30(38)26-18(3)32-31-34(27(26)20-9-13-24(39-5)14-10-20)28(35)25(41-31)16-22-15-17(2)33(19(22)4)23-11-7-21(8-12-23)29(36)37/h7-16,27H,6H2,1-5H3,(H,36,37)/b25-16-/t27-/m1/s1. The van der Waals surface area contributed by atoms with Crippen molar-refractivity contribution in [3.05, 3.63) is 114 Å². The molecular formula is C31H29N3O6S. The van der Waals surface area contributed by atoms with Gasteiger partial charge in [0.25, 0.3) is 5.56 Å². The van der Waals surface area contributed by atoms with Crippen LogP contribution in [0.2, 0.25) is 0 Å². The summed E-state index contributed by atoms with van der Waals surface area (Å²) < 4.78 is 14.7. The lowest BCUT2D eigenvalue weighted by Crippen LogP contribution is -2.39. The first-order valence-electron chi connectivity index (χ1n) is 13.0. The number of benzene rings is 2. The number of methoxy groups -OCH3 is 1. The summed E-state index contributed by atoms with van der Waals surface area (Å²) in [4.78, 5) is 43.5. The van der Waals surface area contributed by atoms with Crippen molar-refractivity contribution in [2.24, 2.45) is 4.99 Å². The number of rotatable bonds is 7. The lowest BCUT2D eigenvalue weighted by atomic mass is 9.96. The highest BCUT2D eigenvalue weighted by Crippen LogP contribution is 2.31. The van der Waals surface area contributed by atoms with Crippen LogP contribution in [0.5, 0.6) is 5.75 Å². The number of nitrogens with zero attached hydrogens (tertiary/aromatic N) is 3. The van der Waals surface area contributed by atoms with Crippen molar-refractivity contribution in [3.63, 3.8) is 0 Å². The van der Waals surface area contributed by atoms with Crippen LogP contribution in [0.15, 0.2) is 75.7 Å². The lowest BCUT2D eigenvalue weighted by Gasteiger charge is -2.24. The van der Waals surface area contributed by atoms with Crippen LogP contribution in [0.25, 0.3) is 11.8 Å². The Morgan fingerprint density at radius 2 is 1.76 bits per heavy atom. The van der Waals surface area contributed by atoms with E-state index in [2.05, 4.69) is 4.99 Å². The quantitative estimate of drug-likeness (QED) is 0.337. The van der Waals surface area contributed by atoms with Crippen LogP contribution in [0.1, 0.15) is 52.8 Å². The monoisotopic (exact) mass is 571 g/mol. The number of thiazole rings is 1. The van der Waals surface area contributed by atoms with E-state index >= 15 is 0 Å². The second kappa shape index (κ2) is 11.1. The summed E-state index contributed by atoms with van der Waals surface area (Å²) in [7, 11) is 1.58. The Bertz CT molecular complexity index is 1880. The molecule has 210 valence electrons. The fourth-order valence-corrected chi connectivity index (χ4v) is 6.16. The van der Waals surface area contributed by atoms with E-state index in [0.29, 0.717) is 26.4 Å². The first-order valence-corrected chi connectivity index (χ1v) is 13.8. The van der Waals surface area contributed by atoms with Crippen molar-refractivity contribution in [3.8, 4) is 11.4 Å². The minimum absolute atomic E-state index is 0.198. The molecule has 41 heavy (non-hydrogen) atoms. The van der Waals surface area contributed by atoms with Crippen molar-refractivity contribution in [1.29, 1.82) is 0 Å². The normalized spacial score (nSPS) is 15.0. The molecule has 2 aromatic carbocycles. The summed E-state index contributed by atoms with van der Waals surface area (Å²) in [6, 6.07) is 15.2. The third-order valence-corrected chi connectivity index (χ3v) is 8.06. The molecule has 0 amide bonds. The Kier molecular flexibility index (Phi) is 7.51. The minimum atomic E-state index is -0.983. The van der Waals surface area contributed by atoms with Crippen molar-refractivity contribution >= 4 is 29.4 Å². The Labute approximate surface area is 239 Å². The number of carboxylic acids is 1. The van der Waals surface area contributed by atoms with Gasteiger partial charge in [0.2, 0.25) is 0 Å². The third kappa shape index (κ3) is 5.02. The maximum Gasteiger partial charge on any atom is 0.338 e. The maximum absolute atomic E-state index is 14.0. The van der Waals surface area contributed by atoms with Crippen LogP contribution in [0.4, 0.5) is 0 Å². The van der Waals surface area contributed by atoms with Crippen molar-refractivity contribution < 1.29 is 24.2 Å². The SMILES string of the molecule is CCOC(=O)C1=C(C)N=c2s/c(=C\c3cc(C)n(-c4ccc(C(=O)O)cc4)c3C)c(=O)n2[C@@H]1c1ccc(OC)cc1. The molecular weight excluding hydrogens is 542 g/mol. The number of carboxylic acid groups (broad SMARTS) is 1. The Hall–Kier alpha value is -4.70. The first-order chi connectivity index (χ1) is 19.6. The molecule has 0 saturated carbocycles. The molecule has 10 heteroatoms. The molecule has 0 radical (unpaired) electrons. The average Bonchev–Trinajstić information content (AvgIpc) is 3.41. The molecule has 0 fully saturated rings. The average molecular weight is 572 g/mol. The smallest absolute Gasteiger partial charge is 0.338 e. The molecule has 5 rings (SSSR count). The van der Waals surface area contributed by atoms with Crippen molar-refractivity contribution in [2.45, 2.75) is 33.7 Å². The van der Waals surface area contributed by atoms with Crippen LogP contribution >= 0.6 is 11.3 Å². The van der Waals surface area contributed by atoms with Crippen LogP contribution < -0.4 is 19.6 Å². The van der Waals surface area contributed by atoms with E-state index in [1.807, 2.05) is 42.7 Å². The summed E-state index contributed by atoms with van der Waals surface area (Å²) in [5.41, 5.74) is 4.99. The second-order valence-corrected chi connectivity index (χ2v) is 10.6. The topological polar surface area (TPSA) is 112 Å². The van der Waals surface area contributed by atoms with E-state index in [1.54, 1.807) is 61.9 Å². The number of hydrogen-bond acceptors (Lipinski definition) is 7. The van der Waals surface area contributed by atoms with E-state index in [0.717, 1.165) is 28.2 Å². The van der Waals surface area contributed by atoms with Crippen molar-refractivity contribution in [2.75, 3.05) is 13.7 Å². The van der Waals surface area contributed by atoms with Gasteiger partial charge in [0.1, 0.15) is 5.75 Å². The number of fused-ring (bicyclic) bond motifs is 1. The molecule has 1 aliphatic heterocycles. The molecule has 9 nitrogen and oxygen atoms in total. The van der Waals surface area contributed by atoms with Gasteiger partial charge in [0.15, 0.2) is 4.80 Å². The summed E-state index contributed by atoms with van der Waals surface area (Å²) in [6.07, 6.45) is 1.84. The van der Waals surface area contributed by atoms with Gasteiger partial charge in [-0.25, -0.2) is 14.6 Å². The molecule has 0 saturated heterocycles. The van der Waals surface area contributed by atoms with E-state index in [4.69, 9.17) is 9.47 Å². The van der Waals surface area contributed by atoms with E-state index in [-0.39, 0.29) is 17.7 Å². The second-order valence-electron chi connectivity index (χ2n) is 9.59. The molecule has 3 heterocycles. The van der Waals surface area contributed by atoms with Gasteiger partial charge >= 0.3 is 11.9 Å². The van der Waals surface area contributed by atoms with E-state index in [1.165, 1.54) is 11.3 Å². The number of aromatic nitrogens is 2. The molecule has 0 bridgehead atoms. The highest BCUT2D eigenvalue weighted by molar-refractivity contribution is 7.07. The molecule has 0 spiro atoms. The molecule has 0 aliphatic carbocycles. The highest BCUT2D eigenvalue weighted by atomic mass is 32.1. The highest BCUT2D eigenvalue weighted by Gasteiger charge is 2.33. The summed E-state index contributed by atoms with van der Waals surface area (Å²) >= 11 is 1.26.